The lowest BCUT2D eigenvalue weighted by atomic mass is 9.92. The number of carbonyl (C=O) groups is 2. The molecule has 37 heavy (non-hydrogen) atoms. The van der Waals surface area contributed by atoms with Gasteiger partial charge in [0.15, 0.2) is 5.13 Å². The Hall–Kier alpha value is -3.01. The van der Waals surface area contributed by atoms with Gasteiger partial charge < -0.3 is 24.4 Å². The topological polar surface area (TPSA) is 95.4 Å². The van der Waals surface area contributed by atoms with E-state index in [1.165, 1.54) is 4.90 Å². The molecule has 5 rings (SSSR count). The highest BCUT2D eigenvalue weighted by Gasteiger charge is 2.33. The number of fused-ring (bicyclic) bond motifs is 1. The summed E-state index contributed by atoms with van der Waals surface area (Å²) >= 11 is 1.58. The molecule has 0 radical (unpaired) electrons. The normalized spacial score (nSPS) is 20.3. The highest BCUT2D eigenvalue weighted by atomic mass is 32.1. The lowest BCUT2D eigenvalue weighted by Crippen LogP contribution is -2.50. The maximum atomic E-state index is 12.4. The number of ether oxygens (including phenoxy) is 2. The van der Waals surface area contributed by atoms with Crippen LogP contribution in [0.25, 0.3) is 11.3 Å². The maximum Gasteiger partial charge on any atom is 0.412 e. The van der Waals surface area contributed by atoms with E-state index in [-0.39, 0.29) is 18.2 Å². The third-order valence-corrected chi connectivity index (χ3v) is 8.16. The van der Waals surface area contributed by atoms with Gasteiger partial charge in [0.05, 0.1) is 17.5 Å². The van der Waals surface area contributed by atoms with Crippen molar-refractivity contribution in [1.82, 2.24) is 9.88 Å². The average molecular weight is 529 g/mol. The van der Waals surface area contributed by atoms with E-state index in [0.29, 0.717) is 26.2 Å². The molecule has 0 bridgehead atoms. The van der Waals surface area contributed by atoms with Crippen molar-refractivity contribution in [2.75, 3.05) is 36.0 Å². The second kappa shape index (κ2) is 10.0. The predicted molar refractivity (Wildman–Crippen MR) is 144 cm³/mol. The molecular weight excluding hydrogens is 492 g/mol. The van der Waals surface area contributed by atoms with E-state index in [1.54, 1.807) is 16.2 Å². The Morgan fingerprint density at radius 3 is 2.46 bits per heavy atom. The first-order valence-corrected chi connectivity index (χ1v) is 14.0. The lowest BCUT2D eigenvalue weighted by molar-refractivity contribution is 0.0240. The van der Waals surface area contributed by atoms with Crippen LogP contribution in [-0.2, 0) is 11.2 Å². The second-order valence-corrected chi connectivity index (χ2v) is 12.0. The summed E-state index contributed by atoms with van der Waals surface area (Å²) in [5, 5.41) is 12.8. The van der Waals surface area contributed by atoms with Gasteiger partial charge in [-0.3, -0.25) is 4.90 Å². The van der Waals surface area contributed by atoms with E-state index in [0.717, 1.165) is 65.5 Å². The number of anilines is 2. The summed E-state index contributed by atoms with van der Waals surface area (Å²) in [5.41, 5.74) is 2.93. The van der Waals surface area contributed by atoms with Gasteiger partial charge in [-0.15, -0.1) is 11.3 Å². The van der Waals surface area contributed by atoms with Crippen molar-refractivity contribution in [3.63, 3.8) is 0 Å². The van der Waals surface area contributed by atoms with Crippen molar-refractivity contribution in [3.8, 4) is 17.0 Å². The predicted octanol–water partition coefficient (Wildman–Crippen LogP) is 5.62. The summed E-state index contributed by atoms with van der Waals surface area (Å²) in [7, 11) is 0. The number of nitrogens with zero attached hydrogens (tertiary/aromatic N) is 4. The highest BCUT2D eigenvalue weighted by Crippen LogP contribution is 2.45. The van der Waals surface area contributed by atoms with Crippen molar-refractivity contribution in [3.05, 3.63) is 23.1 Å². The van der Waals surface area contributed by atoms with Crippen LogP contribution in [-0.4, -0.2) is 71.1 Å². The van der Waals surface area contributed by atoms with Crippen molar-refractivity contribution < 1.29 is 24.2 Å². The van der Waals surface area contributed by atoms with Gasteiger partial charge in [0.25, 0.3) is 0 Å². The van der Waals surface area contributed by atoms with Crippen LogP contribution < -0.4 is 14.5 Å². The van der Waals surface area contributed by atoms with Gasteiger partial charge in [-0.2, -0.15) is 0 Å². The number of piperazine rings is 1. The number of carboxylic acid groups (broad SMARTS) is 1. The van der Waals surface area contributed by atoms with Crippen LogP contribution in [0, 0.1) is 0 Å². The van der Waals surface area contributed by atoms with Gasteiger partial charge in [0.1, 0.15) is 11.4 Å². The molecule has 1 saturated heterocycles. The Labute approximate surface area is 222 Å². The van der Waals surface area contributed by atoms with Gasteiger partial charge in [0, 0.05) is 48.7 Å². The number of hydrogen-bond acceptors (Lipinski definition) is 7. The quantitative estimate of drug-likeness (QED) is 0.550. The molecule has 2 aromatic rings. The van der Waals surface area contributed by atoms with Gasteiger partial charge in [-0.05, 0) is 71.9 Å². The fourth-order valence-corrected chi connectivity index (χ4v) is 5.91. The molecule has 1 aliphatic carbocycles. The number of thiazole rings is 1. The van der Waals surface area contributed by atoms with Gasteiger partial charge in [-0.25, -0.2) is 14.6 Å². The summed E-state index contributed by atoms with van der Waals surface area (Å²) < 4.78 is 12.0. The molecule has 200 valence electrons. The SMILES string of the molecule is C[C@H]1CCc2c(ccc(-c3csc(N4CCN(C(=O)OC(C)(C)C)CC4)n3)c2OC2CCC2)N1C(=O)O. The smallest absolute Gasteiger partial charge is 0.412 e. The molecule has 1 saturated carbocycles. The summed E-state index contributed by atoms with van der Waals surface area (Å²) in [6, 6.07) is 3.79. The van der Waals surface area contributed by atoms with E-state index in [4.69, 9.17) is 14.5 Å². The first-order chi connectivity index (χ1) is 17.6. The number of rotatable bonds is 4. The lowest BCUT2D eigenvalue weighted by Gasteiger charge is -2.36. The minimum atomic E-state index is -0.933. The standard InChI is InChI=1S/C27H36N4O5S/c1-17-8-9-20-22(31(17)25(32)33)11-10-19(23(20)35-18-6-5-7-18)21-16-37-24(28-21)29-12-14-30(15-13-29)26(34)36-27(2,3)4/h10-11,16-18H,5-9,12-15H2,1-4H3,(H,32,33)/t17-/m0/s1. The number of amides is 2. The Bertz CT molecular complexity index is 1160. The second-order valence-electron chi connectivity index (χ2n) is 11.1. The van der Waals surface area contributed by atoms with Crippen LogP contribution in [0.5, 0.6) is 5.75 Å². The van der Waals surface area contributed by atoms with Crippen LogP contribution >= 0.6 is 11.3 Å². The zero-order valence-corrected chi connectivity index (χ0v) is 22.8. The highest BCUT2D eigenvalue weighted by molar-refractivity contribution is 7.14. The summed E-state index contributed by atoms with van der Waals surface area (Å²) in [6.45, 7) is 10.1. The van der Waals surface area contributed by atoms with Crippen molar-refractivity contribution in [1.29, 1.82) is 0 Å². The Balaban J connectivity index is 1.37. The van der Waals surface area contributed by atoms with Crippen LogP contribution in [0.3, 0.4) is 0 Å². The number of aromatic nitrogens is 1. The first-order valence-electron chi connectivity index (χ1n) is 13.1. The molecule has 3 aliphatic rings. The summed E-state index contributed by atoms with van der Waals surface area (Å²) in [4.78, 5) is 34.8. The molecule has 10 heteroatoms. The molecule has 1 aromatic carbocycles. The molecule has 0 unspecified atom stereocenters. The minimum absolute atomic E-state index is 0.0716. The van der Waals surface area contributed by atoms with E-state index >= 15 is 0 Å². The van der Waals surface area contributed by atoms with E-state index in [2.05, 4.69) is 4.90 Å². The number of hydrogen-bond donors (Lipinski definition) is 1. The van der Waals surface area contributed by atoms with Crippen LogP contribution in [0.15, 0.2) is 17.5 Å². The largest absolute Gasteiger partial charge is 0.489 e. The zero-order chi connectivity index (χ0) is 26.3. The van der Waals surface area contributed by atoms with Gasteiger partial charge in [-0.1, -0.05) is 0 Å². The molecule has 2 amide bonds. The molecule has 1 aromatic heterocycles. The monoisotopic (exact) mass is 528 g/mol. The van der Waals surface area contributed by atoms with Gasteiger partial charge >= 0.3 is 12.2 Å². The molecule has 2 aliphatic heterocycles. The van der Waals surface area contributed by atoms with E-state index in [1.807, 2.05) is 45.2 Å². The van der Waals surface area contributed by atoms with E-state index < -0.39 is 11.7 Å². The van der Waals surface area contributed by atoms with Crippen molar-refractivity contribution in [2.45, 2.75) is 77.5 Å². The average Bonchev–Trinajstić information content (AvgIpc) is 3.30. The molecule has 1 N–H and O–H groups in total. The first kappa shape index (κ1) is 25.6. The molecule has 1 atom stereocenters. The van der Waals surface area contributed by atoms with Crippen molar-refractivity contribution in [2.24, 2.45) is 0 Å². The Morgan fingerprint density at radius 1 is 1.11 bits per heavy atom. The molecule has 3 heterocycles. The van der Waals surface area contributed by atoms with Crippen LogP contribution in [0.2, 0.25) is 0 Å². The summed E-state index contributed by atoms with van der Waals surface area (Å²) in [6.07, 6.45) is 3.69. The fourth-order valence-electron chi connectivity index (χ4n) is 5.03. The maximum absolute atomic E-state index is 12.4. The Kier molecular flexibility index (Phi) is 6.95. The third kappa shape index (κ3) is 5.35. The third-order valence-electron chi connectivity index (χ3n) is 7.26. The number of carbonyl (C=O) groups excluding carboxylic acids is 1. The minimum Gasteiger partial charge on any atom is -0.489 e. The molecule has 0 spiro atoms. The van der Waals surface area contributed by atoms with Gasteiger partial charge in [0.2, 0.25) is 0 Å². The zero-order valence-electron chi connectivity index (χ0n) is 22.0. The molecule has 2 fully saturated rings. The molecule has 9 nitrogen and oxygen atoms in total. The summed E-state index contributed by atoms with van der Waals surface area (Å²) in [5.74, 6) is 0.784. The Morgan fingerprint density at radius 2 is 1.84 bits per heavy atom. The van der Waals surface area contributed by atoms with Crippen LogP contribution in [0.4, 0.5) is 20.4 Å². The molecular formula is C27H36N4O5S. The van der Waals surface area contributed by atoms with Crippen molar-refractivity contribution >= 4 is 34.3 Å². The fraction of sp³-hybridized carbons (Fsp3) is 0.593. The number of benzene rings is 1. The van der Waals surface area contributed by atoms with Crippen LogP contribution in [0.1, 0.15) is 58.9 Å². The van der Waals surface area contributed by atoms with E-state index in [9.17, 15) is 14.7 Å².